The van der Waals surface area contributed by atoms with Gasteiger partial charge in [-0.2, -0.15) is 0 Å². The van der Waals surface area contributed by atoms with Gasteiger partial charge in [-0.15, -0.1) is 0 Å². The predicted molar refractivity (Wildman–Crippen MR) is 51.6 cm³/mol. The molecule has 0 aliphatic rings. The van der Waals surface area contributed by atoms with E-state index in [2.05, 4.69) is 0 Å². The molecule has 0 aliphatic heterocycles. The lowest BCUT2D eigenvalue weighted by molar-refractivity contribution is 0.0682. The third-order valence-electron chi connectivity index (χ3n) is 1.94. The summed E-state index contributed by atoms with van der Waals surface area (Å²) in [4.78, 5) is 9.00. The summed E-state index contributed by atoms with van der Waals surface area (Å²) >= 11 is 0. The number of rotatable bonds is 4. The van der Waals surface area contributed by atoms with Gasteiger partial charge < -0.3 is 10.2 Å². The minimum Gasteiger partial charge on any atom is -0.477 e. The fraction of sp³-hybridized carbons (Fsp3) is 0.222. The van der Waals surface area contributed by atoms with Gasteiger partial charge in [0.05, 0.1) is 23.2 Å². The number of hydrogen-bond donors (Lipinski definition) is 2. The van der Waals surface area contributed by atoms with E-state index in [4.69, 9.17) is 10.2 Å². The third-order valence-corrected chi connectivity index (χ3v) is 3.31. The Morgan fingerprint density at radius 2 is 1.50 bits per heavy atom. The molecule has 18 heavy (non-hydrogen) atoms. The van der Waals surface area contributed by atoms with Crippen molar-refractivity contribution in [2.45, 2.75) is 4.90 Å². The van der Waals surface area contributed by atoms with Crippen molar-refractivity contribution in [3.05, 3.63) is 28.8 Å². The summed E-state index contributed by atoms with van der Waals surface area (Å²) in [6, 6.07) is 0. The molecule has 0 bridgehead atoms. The standard InChI is InChI=1S/C9H6F4O4S/c10-4-3(9(15)16)5(11)7(13)8(6(4)12)18(17)2-1-14/h14H,1-2H2,(H,15,16). The topological polar surface area (TPSA) is 74.6 Å². The maximum absolute atomic E-state index is 13.3. The van der Waals surface area contributed by atoms with Gasteiger partial charge in [-0.1, -0.05) is 0 Å². The zero-order chi connectivity index (χ0) is 14.0. The van der Waals surface area contributed by atoms with Gasteiger partial charge in [0.1, 0.15) is 10.5 Å². The minimum absolute atomic E-state index is 0.640. The van der Waals surface area contributed by atoms with E-state index in [0.29, 0.717) is 0 Å². The van der Waals surface area contributed by atoms with Crippen molar-refractivity contribution in [3.8, 4) is 0 Å². The Labute approximate surface area is 100 Å². The lowest BCUT2D eigenvalue weighted by atomic mass is 10.2. The zero-order valence-corrected chi connectivity index (χ0v) is 9.36. The summed E-state index contributed by atoms with van der Waals surface area (Å²) in [5, 5.41) is 16.8. The Bertz CT molecular complexity index is 503. The first-order chi connectivity index (χ1) is 8.32. The summed E-state index contributed by atoms with van der Waals surface area (Å²) in [5.41, 5.74) is -1.80. The van der Waals surface area contributed by atoms with Crippen molar-refractivity contribution in [1.82, 2.24) is 0 Å². The SMILES string of the molecule is O=C(O)c1c(F)c(F)c(S(=O)CCO)c(F)c1F. The third kappa shape index (κ3) is 2.36. The van der Waals surface area contributed by atoms with E-state index in [1.54, 1.807) is 0 Å². The minimum atomic E-state index is -2.52. The second-order valence-electron chi connectivity index (χ2n) is 3.04. The molecule has 1 aromatic rings. The summed E-state index contributed by atoms with van der Waals surface area (Å²) in [5.74, 6) is -11.2. The van der Waals surface area contributed by atoms with Crippen LogP contribution in [0.3, 0.4) is 0 Å². The molecule has 0 saturated carbocycles. The molecule has 1 atom stereocenters. The molecule has 1 rings (SSSR count). The zero-order valence-electron chi connectivity index (χ0n) is 8.55. The Morgan fingerprint density at radius 1 is 1.06 bits per heavy atom. The first-order valence-electron chi connectivity index (χ1n) is 4.41. The lowest BCUT2D eigenvalue weighted by Crippen LogP contribution is -2.15. The predicted octanol–water partition coefficient (Wildman–Crippen LogP) is 1.04. The largest absolute Gasteiger partial charge is 0.477 e. The number of hydrogen-bond acceptors (Lipinski definition) is 3. The highest BCUT2D eigenvalue weighted by molar-refractivity contribution is 7.85. The van der Waals surface area contributed by atoms with E-state index in [1.165, 1.54) is 0 Å². The first kappa shape index (κ1) is 14.6. The molecule has 0 amide bonds. The average molecular weight is 286 g/mol. The van der Waals surface area contributed by atoms with E-state index in [-0.39, 0.29) is 0 Å². The molecule has 0 heterocycles. The van der Waals surface area contributed by atoms with Crippen LogP contribution >= 0.6 is 0 Å². The maximum Gasteiger partial charge on any atom is 0.341 e. The number of aromatic carboxylic acids is 1. The molecule has 1 unspecified atom stereocenters. The molecular weight excluding hydrogens is 280 g/mol. The van der Waals surface area contributed by atoms with Crippen LogP contribution in [0.1, 0.15) is 10.4 Å². The number of carboxylic acids is 1. The Morgan fingerprint density at radius 3 is 1.83 bits per heavy atom. The molecule has 0 aliphatic carbocycles. The van der Waals surface area contributed by atoms with Crippen LogP contribution < -0.4 is 0 Å². The summed E-state index contributed by atoms with van der Waals surface area (Å²) in [7, 11) is -2.52. The number of carboxylic acid groups (broad SMARTS) is 1. The van der Waals surface area contributed by atoms with Crippen molar-refractivity contribution in [3.63, 3.8) is 0 Å². The quantitative estimate of drug-likeness (QED) is 0.640. The van der Waals surface area contributed by atoms with E-state index in [0.717, 1.165) is 0 Å². The summed E-state index contributed by atoms with van der Waals surface area (Å²) in [6.45, 7) is -0.727. The lowest BCUT2D eigenvalue weighted by Gasteiger charge is -2.08. The number of halogens is 4. The average Bonchev–Trinajstić information content (AvgIpc) is 2.27. The fourth-order valence-electron chi connectivity index (χ4n) is 1.18. The highest BCUT2D eigenvalue weighted by atomic mass is 32.2. The van der Waals surface area contributed by atoms with E-state index in [1.807, 2.05) is 0 Å². The van der Waals surface area contributed by atoms with E-state index < -0.39 is 62.9 Å². The van der Waals surface area contributed by atoms with Crippen molar-refractivity contribution in [1.29, 1.82) is 0 Å². The van der Waals surface area contributed by atoms with Crippen molar-refractivity contribution in [2.24, 2.45) is 0 Å². The van der Waals surface area contributed by atoms with Gasteiger partial charge in [-0.25, -0.2) is 22.4 Å². The summed E-state index contributed by atoms with van der Waals surface area (Å²) < 4.78 is 64.3. The van der Waals surface area contributed by atoms with Crippen LogP contribution in [0.5, 0.6) is 0 Å². The van der Waals surface area contributed by atoms with Crippen LogP contribution in [0.2, 0.25) is 0 Å². The molecular formula is C9H6F4O4S. The molecule has 2 N–H and O–H groups in total. The molecule has 1 aromatic carbocycles. The van der Waals surface area contributed by atoms with Crippen molar-refractivity contribution < 1.29 is 36.8 Å². The molecule has 100 valence electrons. The van der Waals surface area contributed by atoms with Crippen LogP contribution in [0.15, 0.2) is 4.90 Å². The second kappa shape index (κ2) is 5.44. The number of benzene rings is 1. The molecule has 0 saturated heterocycles. The highest BCUT2D eigenvalue weighted by Gasteiger charge is 2.31. The monoisotopic (exact) mass is 286 g/mol. The van der Waals surface area contributed by atoms with Gasteiger partial charge in [0.15, 0.2) is 23.3 Å². The van der Waals surface area contributed by atoms with Crippen molar-refractivity contribution in [2.75, 3.05) is 12.4 Å². The Kier molecular flexibility index (Phi) is 4.41. The molecule has 0 aromatic heterocycles. The smallest absolute Gasteiger partial charge is 0.341 e. The molecule has 0 radical (unpaired) electrons. The fourth-order valence-corrected chi connectivity index (χ4v) is 2.13. The summed E-state index contributed by atoms with van der Waals surface area (Å²) in [6.07, 6.45) is 0. The van der Waals surface area contributed by atoms with Gasteiger partial charge in [0.25, 0.3) is 0 Å². The molecule has 9 heteroatoms. The van der Waals surface area contributed by atoms with Crippen LogP contribution in [0, 0.1) is 23.3 Å². The number of aliphatic hydroxyl groups is 1. The Hall–Kier alpha value is -1.48. The van der Waals surface area contributed by atoms with Gasteiger partial charge >= 0.3 is 5.97 Å². The van der Waals surface area contributed by atoms with Crippen LogP contribution in [-0.2, 0) is 10.8 Å². The van der Waals surface area contributed by atoms with Crippen LogP contribution in [0.4, 0.5) is 17.6 Å². The second-order valence-corrected chi connectivity index (χ2v) is 4.55. The van der Waals surface area contributed by atoms with Gasteiger partial charge in [-0.3, -0.25) is 4.21 Å². The van der Waals surface area contributed by atoms with Crippen LogP contribution in [-0.4, -0.2) is 32.8 Å². The normalized spacial score (nSPS) is 12.5. The first-order valence-corrected chi connectivity index (χ1v) is 5.73. The van der Waals surface area contributed by atoms with E-state index in [9.17, 15) is 26.6 Å². The highest BCUT2D eigenvalue weighted by Crippen LogP contribution is 2.26. The van der Waals surface area contributed by atoms with Gasteiger partial charge in [0, 0.05) is 0 Å². The van der Waals surface area contributed by atoms with Crippen LogP contribution in [0.25, 0.3) is 0 Å². The molecule has 0 fully saturated rings. The number of aliphatic hydroxyl groups excluding tert-OH is 1. The maximum atomic E-state index is 13.3. The molecule has 0 spiro atoms. The molecule has 4 nitrogen and oxygen atoms in total. The van der Waals surface area contributed by atoms with Gasteiger partial charge in [0.2, 0.25) is 0 Å². The number of carbonyl (C=O) groups is 1. The Balaban J connectivity index is 3.58. The van der Waals surface area contributed by atoms with Gasteiger partial charge in [-0.05, 0) is 0 Å². The van der Waals surface area contributed by atoms with Crippen molar-refractivity contribution >= 4 is 16.8 Å². The van der Waals surface area contributed by atoms with E-state index >= 15 is 0 Å².